The zero-order valence-electron chi connectivity index (χ0n) is 4.44. The first-order chi connectivity index (χ1) is 4.13. The minimum absolute atomic E-state index is 0.304. The second-order valence-electron chi connectivity index (χ2n) is 1.17. The molecule has 0 amide bonds. The highest BCUT2D eigenvalue weighted by Crippen LogP contribution is 2.12. The summed E-state index contributed by atoms with van der Waals surface area (Å²) < 4.78 is 13.7. The molecule has 1 atom stereocenters. The molecule has 7 heteroatoms. The first kappa shape index (κ1) is 8.55. The second kappa shape index (κ2) is 4.43. The average molecular weight is 155 g/mol. The standard InChI is InChI=1S/C2H6NO5P/c4-3(5)1-2-8-9(6)7/h9H,1-2H2,(H,6,7). The fraction of sp³-hybridized carbons (Fsp3) is 1.00. The Hall–Kier alpha value is -0.450. The summed E-state index contributed by atoms with van der Waals surface area (Å²) in [5.41, 5.74) is 0. The van der Waals surface area contributed by atoms with Crippen molar-refractivity contribution in [3.05, 3.63) is 10.1 Å². The monoisotopic (exact) mass is 155 g/mol. The van der Waals surface area contributed by atoms with Gasteiger partial charge >= 0.3 is 8.25 Å². The summed E-state index contributed by atoms with van der Waals surface area (Å²) in [6, 6.07) is 0. The van der Waals surface area contributed by atoms with Gasteiger partial charge in [-0.2, -0.15) is 0 Å². The van der Waals surface area contributed by atoms with Crippen LogP contribution in [0.3, 0.4) is 0 Å². The fourth-order valence-electron chi connectivity index (χ4n) is 0.207. The molecule has 0 aliphatic heterocycles. The van der Waals surface area contributed by atoms with E-state index >= 15 is 0 Å². The highest BCUT2D eigenvalue weighted by molar-refractivity contribution is 7.32. The van der Waals surface area contributed by atoms with Gasteiger partial charge in [0.1, 0.15) is 6.61 Å². The predicted octanol–water partition coefficient (Wildman–Crippen LogP) is -0.338. The van der Waals surface area contributed by atoms with E-state index in [0.717, 1.165) is 0 Å². The zero-order valence-corrected chi connectivity index (χ0v) is 5.44. The lowest BCUT2D eigenvalue weighted by Gasteiger charge is -1.92. The summed E-state index contributed by atoms with van der Waals surface area (Å²) in [7, 11) is -2.98. The van der Waals surface area contributed by atoms with Crippen molar-refractivity contribution in [1.29, 1.82) is 0 Å². The number of nitro groups is 1. The van der Waals surface area contributed by atoms with Crippen LogP contribution in [0.25, 0.3) is 0 Å². The van der Waals surface area contributed by atoms with E-state index in [2.05, 4.69) is 4.52 Å². The van der Waals surface area contributed by atoms with Crippen LogP contribution in [-0.2, 0) is 9.09 Å². The van der Waals surface area contributed by atoms with Gasteiger partial charge in [0, 0.05) is 4.92 Å². The van der Waals surface area contributed by atoms with Gasteiger partial charge in [0.2, 0.25) is 6.54 Å². The maximum Gasteiger partial charge on any atom is 0.316 e. The van der Waals surface area contributed by atoms with Crippen molar-refractivity contribution in [3.8, 4) is 0 Å². The second-order valence-corrected chi connectivity index (χ2v) is 1.99. The van der Waals surface area contributed by atoms with Crippen LogP contribution >= 0.6 is 8.25 Å². The molecular weight excluding hydrogens is 149 g/mol. The maximum absolute atomic E-state index is 9.72. The van der Waals surface area contributed by atoms with E-state index < -0.39 is 19.7 Å². The van der Waals surface area contributed by atoms with E-state index in [1.54, 1.807) is 0 Å². The molecule has 1 N–H and O–H groups in total. The van der Waals surface area contributed by atoms with E-state index in [-0.39, 0.29) is 6.61 Å². The highest BCUT2D eigenvalue weighted by Gasteiger charge is 1.97. The Kier molecular flexibility index (Phi) is 4.21. The van der Waals surface area contributed by atoms with E-state index in [4.69, 9.17) is 4.89 Å². The molecule has 0 aliphatic rings. The summed E-state index contributed by atoms with van der Waals surface area (Å²) in [5.74, 6) is 0. The summed E-state index contributed by atoms with van der Waals surface area (Å²) in [6.45, 7) is -0.738. The molecule has 0 fully saturated rings. The van der Waals surface area contributed by atoms with Crippen molar-refractivity contribution in [3.63, 3.8) is 0 Å². The molecule has 0 bridgehead atoms. The zero-order chi connectivity index (χ0) is 7.28. The summed E-state index contributed by atoms with van der Waals surface area (Å²) in [5, 5.41) is 9.53. The smallest absolute Gasteiger partial charge is 0.316 e. The topological polar surface area (TPSA) is 89.7 Å². The molecular formula is C2H6NO5P. The largest absolute Gasteiger partial charge is 0.326 e. The third-order valence-corrected chi connectivity index (χ3v) is 0.950. The molecule has 0 aromatic rings. The van der Waals surface area contributed by atoms with Crippen molar-refractivity contribution in [2.75, 3.05) is 13.2 Å². The van der Waals surface area contributed by atoms with Gasteiger partial charge in [-0.05, 0) is 0 Å². The molecule has 0 saturated heterocycles. The van der Waals surface area contributed by atoms with Gasteiger partial charge in [-0.1, -0.05) is 0 Å². The molecule has 6 nitrogen and oxygen atoms in total. The van der Waals surface area contributed by atoms with Gasteiger partial charge in [-0.15, -0.1) is 0 Å². The fourth-order valence-corrected chi connectivity index (χ4v) is 0.473. The summed E-state index contributed by atoms with van der Waals surface area (Å²) >= 11 is 0. The Morgan fingerprint density at radius 1 is 1.78 bits per heavy atom. The van der Waals surface area contributed by atoms with Crippen molar-refractivity contribution in [2.45, 2.75) is 0 Å². The van der Waals surface area contributed by atoms with Crippen LogP contribution in [0.4, 0.5) is 0 Å². The SMILES string of the molecule is O=[N+]([O-])CCO[PH](=O)O. The first-order valence-corrected chi connectivity index (χ1v) is 3.37. The molecule has 0 aromatic carbocycles. The van der Waals surface area contributed by atoms with Crippen molar-refractivity contribution in [2.24, 2.45) is 0 Å². The lowest BCUT2D eigenvalue weighted by atomic mass is 10.7. The summed E-state index contributed by atoms with van der Waals surface area (Å²) in [4.78, 5) is 16.9. The van der Waals surface area contributed by atoms with Crippen molar-refractivity contribution >= 4 is 8.25 Å². The van der Waals surface area contributed by atoms with Gasteiger partial charge < -0.3 is 9.42 Å². The van der Waals surface area contributed by atoms with Gasteiger partial charge in [0.15, 0.2) is 0 Å². The van der Waals surface area contributed by atoms with E-state index in [9.17, 15) is 14.7 Å². The number of hydrogen-bond acceptors (Lipinski definition) is 4. The van der Waals surface area contributed by atoms with Crippen LogP contribution in [-0.4, -0.2) is 23.0 Å². The molecule has 0 saturated carbocycles. The number of hydrogen-bond donors (Lipinski definition) is 1. The van der Waals surface area contributed by atoms with Gasteiger partial charge in [-0.25, -0.2) is 0 Å². The number of nitrogens with zero attached hydrogens (tertiary/aromatic N) is 1. The molecule has 0 rings (SSSR count). The molecule has 0 aliphatic carbocycles. The first-order valence-electron chi connectivity index (χ1n) is 2.10. The Morgan fingerprint density at radius 2 is 2.33 bits per heavy atom. The highest BCUT2D eigenvalue weighted by atomic mass is 31.1. The molecule has 0 radical (unpaired) electrons. The normalized spacial score (nSPS) is 13.0. The molecule has 54 valence electrons. The third kappa shape index (κ3) is 7.55. The minimum atomic E-state index is -2.98. The third-order valence-electron chi connectivity index (χ3n) is 0.499. The predicted molar refractivity (Wildman–Crippen MR) is 29.0 cm³/mol. The lowest BCUT2D eigenvalue weighted by molar-refractivity contribution is -0.481. The van der Waals surface area contributed by atoms with Crippen LogP contribution in [0.5, 0.6) is 0 Å². The number of rotatable bonds is 4. The Morgan fingerprint density at radius 3 is 2.67 bits per heavy atom. The van der Waals surface area contributed by atoms with E-state index in [1.807, 2.05) is 0 Å². The molecule has 1 unspecified atom stereocenters. The molecule has 0 heterocycles. The molecule has 9 heavy (non-hydrogen) atoms. The van der Waals surface area contributed by atoms with E-state index in [1.165, 1.54) is 0 Å². The Bertz CT molecular complexity index is 110. The maximum atomic E-state index is 9.72. The lowest BCUT2D eigenvalue weighted by Crippen LogP contribution is -2.05. The van der Waals surface area contributed by atoms with Gasteiger partial charge in [-0.3, -0.25) is 14.7 Å². The van der Waals surface area contributed by atoms with Crippen LogP contribution in [0.2, 0.25) is 0 Å². The summed E-state index contributed by atoms with van der Waals surface area (Å²) in [6.07, 6.45) is 0. The molecule has 0 spiro atoms. The quantitative estimate of drug-likeness (QED) is 0.340. The van der Waals surface area contributed by atoms with Crippen LogP contribution in [0.1, 0.15) is 0 Å². The Balaban J connectivity index is 3.10. The van der Waals surface area contributed by atoms with Gasteiger partial charge in [0.25, 0.3) is 0 Å². The average Bonchev–Trinajstić information content (AvgIpc) is 1.63. The van der Waals surface area contributed by atoms with Crippen molar-refractivity contribution in [1.82, 2.24) is 0 Å². The minimum Gasteiger partial charge on any atom is -0.326 e. The van der Waals surface area contributed by atoms with Crippen molar-refractivity contribution < 1.29 is 18.9 Å². The van der Waals surface area contributed by atoms with Crippen LogP contribution in [0.15, 0.2) is 0 Å². The molecule has 0 aromatic heterocycles. The van der Waals surface area contributed by atoms with Gasteiger partial charge in [0.05, 0.1) is 0 Å². The van der Waals surface area contributed by atoms with Crippen LogP contribution < -0.4 is 0 Å². The van der Waals surface area contributed by atoms with E-state index in [0.29, 0.717) is 0 Å². The Labute approximate surface area is 51.5 Å². The van der Waals surface area contributed by atoms with Crippen LogP contribution in [0, 0.1) is 10.1 Å².